The molecule has 0 saturated heterocycles. The summed E-state index contributed by atoms with van der Waals surface area (Å²) < 4.78 is 0. The molecule has 2 aromatic rings. The summed E-state index contributed by atoms with van der Waals surface area (Å²) in [5, 5.41) is 26.9. The predicted octanol–water partition coefficient (Wildman–Crippen LogP) is 1.47. The summed E-state index contributed by atoms with van der Waals surface area (Å²) in [6.07, 6.45) is 1.63. The Balaban J connectivity index is 1.64. The van der Waals surface area contributed by atoms with Gasteiger partial charge < -0.3 is 5.32 Å². The first kappa shape index (κ1) is 12.8. The van der Waals surface area contributed by atoms with E-state index in [1.165, 1.54) is 0 Å². The molecular formula is C14H16N6. The van der Waals surface area contributed by atoms with E-state index in [4.69, 9.17) is 0 Å². The molecule has 1 aliphatic carbocycles. The first-order valence-corrected chi connectivity index (χ1v) is 6.70. The van der Waals surface area contributed by atoms with Gasteiger partial charge in [0.15, 0.2) is 5.82 Å². The lowest BCUT2D eigenvalue weighted by molar-refractivity contribution is 0.211. The fraction of sp³-hybridized carbons (Fsp3) is 0.429. The Morgan fingerprint density at radius 1 is 1.40 bits per heavy atom. The smallest absolute Gasteiger partial charge is 0.191 e. The van der Waals surface area contributed by atoms with Gasteiger partial charge in [-0.15, -0.1) is 10.2 Å². The first-order valence-electron chi connectivity index (χ1n) is 6.70. The van der Waals surface area contributed by atoms with Crippen molar-refractivity contribution in [3.63, 3.8) is 0 Å². The monoisotopic (exact) mass is 268 g/mol. The van der Waals surface area contributed by atoms with Gasteiger partial charge in [-0.2, -0.15) is 10.5 Å². The van der Waals surface area contributed by atoms with Gasteiger partial charge in [0.25, 0.3) is 0 Å². The number of aromatic amines is 1. The Morgan fingerprint density at radius 2 is 2.15 bits per heavy atom. The van der Waals surface area contributed by atoms with Crippen LogP contribution < -0.4 is 5.32 Å². The van der Waals surface area contributed by atoms with Crippen LogP contribution in [-0.2, 0) is 5.41 Å². The van der Waals surface area contributed by atoms with Crippen LogP contribution in [0, 0.1) is 11.3 Å². The largest absolute Gasteiger partial charge is 0.304 e. The molecule has 1 heterocycles. The van der Waals surface area contributed by atoms with Crippen molar-refractivity contribution < 1.29 is 0 Å². The lowest BCUT2D eigenvalue weighted by Gasteiger charge is -2.44. The second-order valence-electron chi connectivity index (χ2n) is 5.32. The van der Waals surface area contributed by atoms with Crippen LogP contribution in [0.2, 0.25) is 0 Å². The Hall–Kier alpha value is -2.26. The summed E-state index contributed by atoms with van der Waals surface area (Å²) in [6, 6.07) is 12.8. The average molecular weight is 268 g/mol. The standard InChI is InChI=1S/C14H16N6/c1-10(13-17-19-20-18-13)16-12-7-14(8-12,9-15)11-5-3-2-4-6-11/h2-6,10,12,16H,7-8H2,1H3,(H,17,18,19,20). The Bertz CT molecular complexity index is 594. The van der Waals surface area contributed by atoms with Crippen molar-refractivity contribution in [2.24, 2.45) is 0 Å². The van der Waals surface area contributed by atoms with E-state index < -0.39 is 0 Å². The zero-order valence-corrected chi connectivity index (χ0v) is 11.2. The zero-order chi connectivity index (χ0) is 14.0. The van der Waals surface area contributed by atoms with Gasteiger partial charge in [0.1, 0.15) is 0 Å². The van der Waals surface area contributed by atoms with E-state index >= 15 is 0 Å². The molecule has 0 radical (unpaired) electrons. The highest BCUT2D eigenvalue weighted by molar-refractivity contribution is 5.36. The molecule has 0 spiro atoms. The second-order valence-corrected chi connectivity index (χ2v) is 5.32. The Labute approximate surface area is 117 Å². The number of hydrogen-bond acceptors (Lipinski definition) is 5. The molecular weight excluding hydrogens is 252 g/mol. The third kappa shape index (κ3) is 2.17. The molecule has 20 heavy (non-hydrogen) atoms. The molecule has 6 nitrogen and oxygen atoms in total. The van der Waals surface area contributed by atoms with Crippen LogP contribution in [0.1, 0.15) is 37.2 Å². The quantitative estimate of drug-likeness (QED) is 0.876. The molecule has 0 amide bonds. The van der Waals surface area contributed by atoms with Gasteiger partial charge >= 0.3 is 0 Å². The maximum Gasteiger partial charge on any atom is 0.191 e. The lowest BCUT2D eigenvalue weighted by Crippen LogP contribution is -2.51. The number of aromatic nitrogens is 4. The molecule has 0 aliphatic heterocycles. The normalized spacial score (nSPS) is 26.5. The van der Waals surface area contributed by atoms with Gasteiger partial charge in [-0.3, -0.25) is 0 Å². The molecule has 3 rings (SSSR count). The van der Waals surface area contributed by atoms with Crippen LogP contribution in [0.3, 0.4) is 0 Å². The molecule has 1 saturated carbocycles. The highest BCUT2D eigenvalue weighted by Crippen LogP contribution is 2.43. The molecule has 1 fully saturated rings. The number of nitrogens with zero attached hydrogens (tertiary/aromatic N) is 4. The van der Waals surface area contributed by atoms with E-state index in [1.807, 2.05) is 37.3 Å². The molecule has 0 bridgehead atoms. The van der Waals surface area contributed by atoms with Crippen molar-refractivity contribution in [1.82, 2.24) is 25.9 Å². The van der Waals surface area contributed by atoms with Crippen molar-refractivity contribution in [1.29, 1.82) is 5.26 Å². The van der Waals surface area contributed by atoms with Gasteiger partial charge in [-0.1, -0.05) is 35.5 Å². The molecule has 1 atom stereocenters. The van der Waals surface area contributed by atoms with Crippen LogP contribution in [-0.4, -0.2) is 26.7 Å². The predicted molar refractivity (Wildman–Crippen MR) is 72.5 cm³/mol. The summed E-state index contributed by atoms with van der Waals surface area (Å²) >= 11 is 0. The lowest BCUT2D eigenvalue weighted by atomic mass is 9.62. The van der Waals surface area contributed by atoms with Crippen LogP contribution in [0.15, 0.2) is 30.3 Å². The van der Waals surface area contributed by atoms with Gasteiger partial charge in [-0.25, -0.2) is 0 Å². The highest BCUT2D eigenvalue weighted by atomic mass is 15.5. The van der Waals surface area contributed by atoms with E-state index in [0.29, 0.717) is 11.9 Å². The van der Waals surface area contributed by atoms with Crippen LogP contribution >= 0.6 is 0 Å². The van der Waals surface area contributed by atoms with Gasteiger partial charge in [0.2, 0.25) is 0 Å². The Kier molecular flexibility index (Phi) is 3.20. The van der Waals surface area contributed by atoms with Crippen LogP contribution in [0.4, 0.5) is 0 Å². The average Bonchev–Trinajstić information content (AvgIpc) is 2.97. The third-order valence-electron chi connectivity index (χ3n) is 3.96. The van der Waals surface area contributed by atoms with Crippen molar-refractivity contribution in [3.05, 3.63) is 41.7 Å². The number of tetrazole rings is 1. The fourth-order valence-corrected chi connectivity index (χ4v) is 2.83. The SMILES string of the molecule is CC(NC1CC(C#N)(c2ccccc2)C1)c1nn[nH]n1. The van der Waals surface area contributed by atoms with Gasteiger partial charge in [0, 0.05) is 6.04 Å². The number of nitrogens with one attached hydrogen (secondary N) is 2. The molecule has 2 N–H and O–H groups in total. The number of hydrogen-bond donors (Lipinski definition) is 2. The van der Waals surface area contributed by atoms with E-state index in [0.717, 1.165) is 18.4 Å². The third-order valence-corrected chi connectivity index (χ3v) is 3.96. The van der Waals surface area contributed by atoms with Crippen molar-refractivity contribution >= 4 is 0 Å². The van der Waals surface area contributed by atoms with Crippen LogP contribution in [0.5, 0.6) is 0 Å². The van der Waals surface area contributed by atoms with Crippen molar-refractivity contribution in [2.45, 2.75) is 37.3 Å². The highest BCUT2D eigenvalue weighted by Gasteiger charge is 2.46. The fourth-order valence-electron chi connectivity index (χ4n) is 2.83. The van der Waals surface area contributed by atoms with Crippen molar-refractivity contribution in [3.8, 4) is 6.07 Å². The molecule has 102 valence electrons. The summed E-state index contributed by atoms with van der Waals surface area (Å²) in [5.74, 6) is 0.652. The molecule has 1 aliphatic rings. The van der Waals surface area contributed by atoms with E-state index in [2.05, 4.69) is 32.0 Å². The minimum absolute atomic E-state index is 0.0335. The molecule has 6 heteroatoms. The topological polar surface area (TPSA) is 90.3 Å². The van der Waals surface area contributed by atoms with E-state index in [9.17, 15) is 5.26 Å². The number of benzene rings is 1. The molecule has 1 unspecified atom stereocenters. The minimum Gasteiger partial charge on any atom is -0.304 e. The first-order chi connectivity index (χ1) is 9.73. The van der Waals surface area contributed by atoms with Gasteiger partial charge in [0.05, 0.1) is 17.5 Å². The Morgan fingerprint density at radius 3 is 2.75 bits per heavy atom. The maximum absolute atomic E-state index is 9.51. The summed E-state index contributed by atoms with van der Waals surface area (Å²) in [7, 11) is 0. The molecule has 1 aromatic heterocycles. The van der Waals surface area contributed by atoms with E-state index in [-0.39, 0.29) is 11.5 Å². The number of H-pyrrole nitrogens is 1. The van der Waals surface area contributed by atoms with Crippen LogP contribution in [0.25, 0.3) is 0 Å². The minimum atomic E-state index is -0.351. The maximum atomic E-state index is 9.51. The van der Waals surface area contributed by atoms with Gasteiger partial charge in [-0.05, 0) is 25.3 Å². The number of nitriles is 1. The zero-order valence-electron chi connectivity index (χ0n) is 11.2. The van der Waals surface area contributed by atoms with E-state index in [1.54, 1.807) is 0 Å². The summed E-state index contributed by atoms with van der Waals surface area (Å²) in [6.45, 7) is 2.00. The molecule has 1 aromatic carbocycles. The summed E-state index contributed by atoms with van der Waals surface area (Å²) in [5.41, 5.74) is 0.753. The second kappa shape index (κ2) is 5.02. The summed E-state index contributed by atoms with van der Waals surface area (Å²) in [4.78, 5) is 0. The van der Waals surface area contributed by atoms with Crippen molar-refractivity contribution in [2.75, 3.05) is 0 Å². The number of rotatable bonds is 4.